The number of quaternary nitrogens is 1. The highest BCUT2D eigenvalue weighted by Crippen LogP contribution is 2.41. The predicted octanol–water partition coefficient (Wildman–Crippen LogP) is 1.96. The van der Waals surface area contributed by atoms with Gasteiger partial charge in [0.15, 0.2) is 11.5 Å². The molecule has 8 nitrogen and oxygen atoms in total. The number of hydrogen-bond acceptors (Lipinski definition) is 6. The van der Waals surface area contributed by atoms with Gasteiger partial charge in [-0.1, -0.05) is 48.2 Å². The number of amides is 1. The van der Waals surface area contributed by atoms with Gasteiger partial charge in [0, 0.05) is 5.57 Å². The van der Waals surface area contributed by atoms with Gasteiger partial charge >= 0.3 is 0 Å². The number of carbonyl (C=O) groups is 2. The number of likely N-dealkylation sites (tertiary alicyclic amines) is 1. The van der Waals surface area contributed by atoms with Crippen LogP contribution in [0.15, 0.2) is 72.3 Å². The van der Waals surface area contributed by atoms with Crippen LogP contribution < -0.4 is 24.2 Å². The number of hydrogen-bond donors (Lipinski definition) is 1. The Balaban J connectivity index is 1.69. The Kier molecular flexibility index (Phi) is 8.56. The number of ether oxygens (including phenoxy) is 3. The number of methoxy groups -OCH3 is 2. The molecule has 39 heavy (non-hydrogen) atoms. The molecule has 3 aromatic rings. The van der Waals surface area contributed by atoms with Crippen molar-refractivity contribution in [1.82, 2.24) is 4.90 Å². The summed E-state index contributed by atoms with van der Waals surface area (Å²) in [6.07, 6.45) is 0. The molecule has 1 N–H and O–H groups in total. The highest BCUT2D eigenvalue weighted by atomic mass is 16.5. The SMILES string of the molecule is COc1ccc(C2/C(=C(\[O-])c3ccc(OCc4ccccc4C)cc3)C(=O)C(=O)N2CC[NH+](C)C)cc1OC. The number of nitrogens with one attached hydrogen (secondary N) is 1. The molecule has 204 valence electrons. The molecule has 3 aromatic carbocycles. The lowest BCUT2D eigenvalue weighted by molar-refractivity contribution is -0.857. The molecule has 0 radical (unpaired) electrons. The van der Waals surface area contributed by atoms with Crippen LogP contribution >= 0.6 is 0 Å². The summed E-state index contributed by atoms with van der Waals surface area (Å²) in [7, 11) is 6.97. The summed E-state index contributed by atoms with van der Waals surface area (Å²) >= 11 is 0. The molecule has 1 saturated heterocycles. The van der Waals surface area contributed by atoms with E-state index in [-0.39, 0.29) is 5.57 Å². The third-order valence-corrected chi connectivity index (χ3v) is 6.88. The van der Waals surface area contributed by atoms with Crippen molar-refractivity contribution in [1.29, 1.82) is 0 Å². The van der Waals surface area contributed by atoms with E-state index in [0.29, 0.717) is 48.1 Å². The minimum Gasteiger partial charge on any atom is -0.872 e. The van der Waals surface area contributed by atoms with Crippen molar-refractivity contribution in [3.05, 3.63) is 94.6 Å². The van der Waals surface area contributed by atoms with Crippen molar-refractivity contribution < 1.29 is 33.8 Å². The predicted molar refractivity (Wildman–Crippen MR) is 146 cm³/mol. The number of nitrogens with zero attached hydrogens (tertiary/aromatic N) is 1. The lowest BCUT2D eigenvalue weighted by atomic mass is 9.95. The molecule has 8 heteroatoms. The molecule has 0 aliphatic carbocycles. The molecule has 4 rings (SSSR count). The van der Waals surface area contributed by atoms with Gasteiger partial charge in [-0.3, -0.25) is 9.59 Å². The number of ketones is 1. The van der Waals surface area contributed by atoms with Crippen LogP contribution in [-0.2, 0) is 16.2 Å². The van der Waals surface area contributed by atoms with Gasteiger partial charge in [-0.15, -0.1) is 0 Å². The van der Waals surface area contributed by atoms with Crippen LogP contribution in [0.25, 0.3) is 5.76 Å². The third kappa shape index (κ3) is 5.91. The first-order chi connectivity index (χ1) is 18.7. The Bertz CT molecular complexity index is 1380. The van der Waals surface area contributed by atoms with Crippen LogP contribution in [0.3, 0.4) is 0 Å². The van der Waals surface area contributed by atoms with Gasteiger partial charge in [0.2, 0.25) is 5.78 Å². The van der Waals surface area contributed by atoms with Gasteiger partial charge in [0.05, 0.1) is 47.4 Å². The maximum Gasteiger partial charge on any atom is 0.295 e. The average molecular weight is 531 g/mol. The van der Waals surface area contributed by atoms with Gasteiger partial charge in [0.25, 0.3) is 5.91 Å². The van der Waals surface area contributed by atoms with Gasteiger partial charge in [-0.05, 0) is 53.4 Å². The fraction of sp³-hybridized carbons (Fsp3) is 0.290. The standard InChI is InChI=1S/C31H34N2O6/c1-20-8-6-7-9-23(20)19-39-24-13-10-21(11-14-24)29(34)27-28(22-12-15-25(37-4)26(18-22)38-5)33(17-16-32(2)3)31(36)30(27)35/h6-15,18,28,34H,16-17,19H2,1-5H3/b29-27+. The highest BCUT2D eigenvalue weighted by molar-refractivity contribution is 6.46. The van der Waals surface area contributed by atoms with E-state index in [1.165, 1.54) is 19.1 Å². The van der Waals surface area contributed by atoms with E-state index in [4.69, 9.17) is 14.2 Å². The number of benzene rings is 3. The first kappa shape index (κ1) is 27.7. The normalized spacial score (nSPS) is 16.6. The van der Waals surface area contributed by atoms with E-state index in [2.05, 4.69) is 0 Å². The molecule has 1 fully saturated rings. The van der Waals surface area contributed by atoms with Gasteiger partial charge in [-0.25, -0.2) is 0 Å². The number of likely N-dealkylation sites (N-methyl/N-ethyl adjacent to an activating group) is 1. The summed E-state index contributed by atoms with van der Waals surface area (Å²) in [4.78, 5) is 29.0. The highest BCUT2D eigenvalue weighted by Gasteiger charge is 2.44. The fourth-order valence-electron chi connectivity index (χ4n) is 4.61. The molecular weight excluding hydrogens is 496 g/mol. The molecule has 0 bridgehead atoms. The van der Waals surface area contributed by atoms with Gasteiger partial charge in [0.1, 0.15) is 12.4 Å². The minimum atomic E-state index is -0.839. The quantitative estimate of drug-likeness (QED) is 0.245. The Morgan fingerprint density at radius 2 is 1.64 bits per heavy atom. The average Bonchev–Trinajstić information content (AvgIpc) is 3.20. The monoisotopic (exact) mass is 530 g/mol. The summed E-state index contributed by atoms with van der Waals surface area (Å²) in [5, 5.41) is 13.7. The molecule has 0 aromatic heterocycles. The van der Waals surface area contributed by atoms with Crippen LogP contribution in [0, 0.1) is 6.92 Å². The Labute approximate surface area is 229 Å². The lowest BCUT2D eigenvalue weighted by Gasteiger charge is -2.28. The van der Waals surface area contributed by atoms with Crippen LogP contribution in [0.2, 0.25) is 0 Å². The molecule has 1 aliphatic heterocycles. The van der Waals surface area contributed by atoms with Crippen LogP contribution in [0.5, 0.6) is 17.2 Å². The maximum absolute atomic E-state index is 13.7. The first-order valence-electron chi connectivity index (χ1n) is 12.8. The number of Topliss-reactive ketones (excluding diaryl/α,β-unsaturated/α-hetero) is 1. The number of rotatable bonds is 10. The Morgan fingerprint density at radius 1 is 0.949 bits per heavy atom. The van der Waals surface area contributed by atoms with Crippen LogP contribution in [0.1, 0.15) is 28.3 Å². The van der Waals surface area contributed by atoms with E-state index in [9.17, 15) is 14.7 Å². The molecule has 0 saturated carbocycles. The summed E-state index contributed by atoms with van der Waals surface area (Å²) in [6.45, 7) is 3.34. The zero-order chi connectivity index (χ0) is 28.1. The van der Waals surface area contributed by atoms with Gasteiger partial charge < -0.3 is 29.1 Å². The molecule has 1 atom stereocenters. The molecule has 1 unspecified atom stereocenters. The van der Waals surface area contributed by atoms with E-state index in [0.717, 1.165) is 16.0 Å². The summed E-state index contributed by atoms with van der Waals surface area (Å²) in [5.74, 6) is -0.401. The molecule has 0 spiro atoms. The van der Waals surface area contributed by atoms with E-state index in [1.807, 2.05) is 45.3 Å². The van der Waals surface area contributed by atoms with Gasteiger partial charge in [-0.2, -0.15) is 0 Å². The minimum absolute atomic E-state index is 0.0745. The summed E-state index contributed by atoms with van der Waals surface area (Å²) in [6, 6.07) is 18.9. The van der Waals surface area contributed by atoms with Crippen molar-refractivity contribution in [2.24, 2.45) is 0 Å². The van der Waals surface area contributed by atoms with E-state index >= 15 is 0 Å². The first-order valence-corrected chi connectivity index (χ1v) is 12.8. The van der Waals surface area contributed by atoms with Crippen molar-refractivity contribution in [3.8, 4) is 17.2 Å². The van der Waals surface area contributed by atoms with Crippen molar-refractivity contribution in [2.75, 3.05) is 41.4 Å². The van der Waals surface area contributed by atoms with Crippen molar-refractivity contribution >= 4 is 17.4 Å². The number of carbonyl (C=O) groups excluding carboxylic acids is 2. The largest absolute Gasteiger partial charge is 0.872 e. The molecule has 1 aliphatic rings. The summed E-state index contributed by atoms with van der Waals surface area (Å²) in [5.41, 5.74) is 3.03. The van der Waals surface area contributed by atoms with Crippen LogP contribution in [-0.4, -0.2) is 58.0 Å². The molecule has 1 amide bonds. The van der Waals surface area contributed by atoms with Crippen molar-refractivity contribution in [2.45, 2.75) is 19.6 Å². The molecular formula is C31H34N2O6. The second kappa shape index (κ2) is 12.0. The third-order valence-electron chi connectivity index (χ3n) is 6.88. The lowest BCUT2D eigenvalue weighted by Crippen LogP contribution is -3.06. The fourth-order valence-corrected chi connectivity index (χ4v) is 4.61. The smallest absolute Gasteiger partial charge is 0.295 e. The van der Waals surface area contributed by atoms with Crippen LogP contribution in [0.4, 0.5) is 0 Å². The number of aryl methyl sites for hydroxylation is 1. The summed E-state index contributed by atoms with van der Waals surface area (Å²) < 4.78 is 16.7. The van der Waals surface area contributed by atoms with Crippen molar-refractivity contribution in [3.63, 3.8) is 0 Å². The Morgan fingerprint density at radius 3 is 2.28 bits per heavy atom. The van der Waals surface area contributed by atoms with E-state index < -0.39 is 23.5 Å². The second-order valence-electron chi connectivity index (χ2n) is 9.78. The topological polar surface area (TPSA) is 92.6 Å². The molecule has 1 heterocycles. The Hall–Kier alpha value is -4.30. The zero-order valence-electron chi connectivity index (χ0n) is 22.9. The zero-order valence-corrected chi connectivity index (χ0v) is 22.9. The van der Waals surface area contributed by atoms with E-state index in [1.54, 1.807) is 42.5 Å². The maximum atomic E-state index is 13.7. The second-order valence-corrected chi connectivity index (χ2v) is 9.78.